The lowest BCUT2D eigenvalue weighted by Gasteiger charge is -2.38. The molecule has 2 rings (SSSR count). The van der Waals surface area contributed by atoms with Crippen LogP contribution in [0, 0.1) is 5.92 Å². The van der Waals surface area contributed by atoms with Gasteiger partial charge in [0.2, 0.25) is 0 Å². The van der Waals surface area contributed by atoms with Crippen molar-refractivity contribution in [3.8, 4) is 0 Å². The van der Waals surface area contributed by atoms with Gasteiger partial charge in [-0.15, -0.1) is 0 Å². The molecule has 1 aliphatic rings. The van der Waals surface area contributed by atoms with Crippen molar-refractivity contribution in [3.63, 3.8) is 0 Å². The largest absolute Gasteiger partial charge is 0.481 e. The van der Waals surface area contributed by atoms with E-state index >= 15 is 0 Å². The molecule has 6 heteroatoms. The number of halogens is 1. The lowest BCUT2D eigenvalue weighted by Crippen LogP contribution is -2.50. The number of aliphatic carboxylic acids is 1. The monoisotopic (exact) mass is 268 g/mol. The second-order valence-corrected chi connectivity index (χ2v) is 4.82. The molecule has 0 spiro atoms. The van der Waals surface area contributed by atoms with Gasteiger partial charge in [0.05, 0.1) is 17.1 Å². The molecule has 0 aromatic heterocycles. The summed E-state index contributed by atoms with van der Waals surface area (Å²) in [5, 5.41) is 9.04. The van der Waals surface area contributed by atoms with Gasteiger partial charge < -0.3 is 15.7 Å². The van der Waals surface area contributed by atoms with Crippen molar-refractivity contribution >= 4 is 29.2 Å². The van der Waals surface area contributed by atoms with Gasteiger partial charge in [-0.2, -0.15) is 0 Å². The fourth-order valence-corrected chi connectivity index (χ4v) is 2.09. The Morgan fingerprint density at radius 1 is 1.44 bits per heavy atom. The number of hydrogen-bond acceptors (Lipinski definition) is 3. The minimum absolute atomic E-state index is 0.0519. The topological polar surface area (TPSA) is 83.6 Å². The van der Waals surface area contributed by atoms with E-state index in [1.807, 2.05) is 0 Å². The molecule has 1 fully saturated rings. The SMILES string of the molecule is Nc1cc(C(=O)N2CC(CC(=O)O)C2)ccc1Cl. The van der Waals surface area contributed by atoms with E-state index in [1.54, 1.807) is 17.0 Å². The number of carboxylic acids is 1. The second-order valence-electron chi connectivity index (χ2n) is 4.41. The molecule has 5 nitrogen and oxygen atoms in total. The van der Waals surface area contributed by atoms with Crippen LogP contribution in [0.3, 0.4) is 0 Å². The summed E-state index contributed by atoms with van der Waals surface area (Å²) in [6, 6.07) is 4.74. The molecule has 18 heavy (non-hydrogen) atoms. The molecule has 3 N–H and O–H groups in total. The van der Waals surface area contributed by atoms with Crippen molar-refractivity contribution < 1.29 is 14.7 Å². The van der Waals surface area contributed by atoms with E-state index in [-0.39, 0.29) is 18.2 Å². The van der Waals surface area contributed by atoms with Crippen molar-refractivity contribution in [1.29, 1.82) is 0 Å². The lowest BCUT2D eigenvalue weighted by molar-refractivity contribution is -0.139. The van der Waals surface area contributed by atoms with E-state index in [2.05, 4.69) is 0 Å². The summed E-state index contributed by atoms with van der Waals surface area (Å²) in [5.41, 5.74) is 6.47. The van der Waals surface area contributed by atoms with E-state index in [0.29, 0.717) is 29.4 Å². The molecule has 1 aliphatic heterocycles. The molecule has 0 radical (unpaired) electrons. The normalized spacial score (nSPS) is 15.3. The summed E-state index contributed by atoms with van der Waals surface area (Å²) in [5.74, 6) is -0.918. The number of nitrogens with zero attached hydrogens (tertiary/aromatic N) is 1. The number of rotatable bonds is 3. The predicted molar refractivity (Wildman–Crippen MR) is 67.5 cm³/mol. The maximum absolute atomic E-state index is 12.0. The molecule has 1 aromatic rings. The Kier molecular flexibility index (Phi) is 3.43. The van der Waals surface area contributed by atoms with Gasteiger partial charge in [-0.25, -0.2) is 0 Å². The zero-order valence-corrected chi connectivity index (χ0v) is 10.4. The Morgan fingerprint density at radius 3 is 2.67 bits per heavy atom. The van der Waals surface area contributed by atoms with Gasteiger partial charge in [-0.1, -0.05) is 11.6 Å². The van der Waals surface area contributed by atoms with Gasteiger partial charge >= 0.3 is 5.97 Å². The summed E-state index contributed by atoms with van der Waals surface area (Å²) in [6.07, 6.45) is 0.104. The zero-order valence-electron chi connectivity index (χ0n) is 9.60. The van der Waals surface area contributed by atoms with Crippen LogP contribution in [-0.4, -0.2) is 35.0 Å². The minimum atomic E-state index is -0.831. The Balaban J connectivity index is 1.97. The van der Waals surface area contributed by atoms with Gasteiger partial charge in [0.1, 0.15) is 0 Å². The van der Waals surface area contributed by atoms with Gasteiger partial charge in [-0.3, -0.25) is 9.59 Å². The summed E-state index contributed by atoms with van der Waals surface area (Å²) in [6.45, 7) is 0.960. The number of nitrogens with two attached hydrogens (primary N) is 1. The molecule has 0 atom stereocenters. The summed E-state index contributed by atoms with van der Waals surface area (Å²) in [7, 11) is 0. The van der Waals surface area contributed by atoms with Crippen LogP contribution in [-0.2, 0) is 4.79 Å². The molecular formula is C12H13ClN2O3. The first kappa shape index (κ1) is 12.7. The van der Waals surface area contributed by atoms with Crippen LogP contribution in [0.1, 0.15) is 16.8 Å². The molecule has 1 amide bonds. The van der Waals surface area contributed by atoms with Crippen LogP contribution >= 0.6 is 11.6 Å². The third-order valence-electron chi connectivity index (χ3n) is 2.95. The molecule has 0 unspecified atom stereocenters. The zero-order chi connectivity index (χ0) is 13.3. The van der Waals surface area contributed by atoms with Crippen LogP contribution in [0.2, 0.25) is 5.02 Å². The van der Waals surface area contributed by atoms with Crippen molar-refractivity contribution in [2.75, 3.05) is 18.8 Å². The molecule has 1 heterocycles. The van der Waals surface area contributed by atoms with E-state index < -0.39 is 5.97 Å². The van der Waals surface area contributed by atoms with E-state index in [9.17, 15) is 9.59 Å². The summed E-state index contributed by atoms with van der Waals surface area (Å²) in [4.78, 5) is 24.1. The number of anilines is 1. The number of carboxylic acid groups (broad SMARTS) is 1. The van der Waals surface area contributed by atoms with E-state index in [0.717, 1.165) is 0 Å². The fraction of sp³-hybridized carbons (Fsp3) is 0.333. The van der Waals surface area contributed by atoms with Gasteiger partial charge in [0, 0.05) is 24.6 Å². The lowest BCUT2D eigenvalue weighted by atomic mass is 9.95. The van der Waals surface area contributed by atoms with Gasteiger partial charge in [-0.05, 0) is 18.2 Å². The Morgan fingerprint density at radius 2 is 2.11 bits per heavy atom. The Labute approximate surface area is 109 Å². The van der Waals surface area contributed by atoms with Crippen molar-refractivity contribution in [2.24, 2.45) is 5.92 Å². The quantitative estimate of drug-likeness (QED) is 0.813. The first-order chi connectivity index (χ1) is 8.47. The highest BCUT2D eigenvalue weighted by atomic mass is 35.5. The molecule has 0 aliphatic carbocycles. The Bertz CT molecular complexity index is 498. The van der Waals surface area contributed by atoms with Gasteiger partial charge in [0.25, 0.3) is 5.91 Å². The van der Waals surface area contributed by atoms with E-state index in [1.165, 1.54) is 6.07 Å². The molecule has 0 saturated carbocycles. The van der Waals surface area contributed by atoms with Crippen molar-refractivity contribution in [2.45, 2.75) is 6.42 Å². The van der Waals surface area contributed by atoms with Crippen LogP contribution < -0.4 is 5.73 Å². The average Bonchev–Trinajstić information content (AvgIpc) is 2.25. The standard InChI is InChI=1S/C12H13ClN2O3/c13-9-2-1-8(4-10(9)14)12(18)15-5-7(6-15)3-11(16)17/h1-2,4,7H,3,5-6,14H2,(H,16,17). The molecule has 1 aromatic carbocycles. The van der Waals surface area contributed by atoms with Crippen LogP contribution in [0.4, 0.5) is 5.69 Å². The van der Waals surface area contributed by atoms with Crippen LogP contribution in [0.5, 0.6) is 0 Å². The highest BCUT2D eigenvalue weighted by Gasteiger charge is 2.32. The number of benzene rings is 1. The number of carbonyl (C=O) groups excluding carboxylic acids is 1. The highest BCUT2D eigenvalue weighted by molar-refractivity contribution is 6.33. The van der Waals surface area contributed by atoms with Crippen LogP contribution in [0.25, 0.3) is 0 Å². The number of amides is 1. The first-order valence-corrected chi connectivity index (χ1v) is 5.91. The Hall–Kier alpha value is -1.75. The van der Waals surface area contributed by atoms with E-state index in [4.69, 9.17) is 22.4 Å². The summed E-state index contributed by atoms with van der Waals surface area (Å²) < 4.78 is 0. The minimum Gasteiger partial charge on any atom is -0.481 e. The number of likely N-dealkylation sites (tertiary alicyclic amines) is 1. The average molecular weight is 269 g/mol. The smallest absolute Gasteiger partial charge is 0.303 e. The second kappa shape index (κ2) is 4.86. The predicted octanol–water partition coefficient (Wildman–Crippen LogP) is 1.47. The van der Waals surface area contributed by atoms with Crippen LogP contribution in [0.15, 0.2) is 18.2 Å². The maximum atomic E-state index is 12.0. The maximum Gasteiger partial charge on any atom is 0.303 e. The highest BCUT2D eigenvalue weighted by Crippen LogP contribution is 2.24. The third-order valence-corrected chi connectivity index (χ3v) is 3.29. The van der Waals surface area contributed by atoms with Crippen molar-refractivity contribution in [3.05, 3.63) is 28.8 Å². The summed E-state index contributed by atoms with van der Waals surface area (Å²) >= 11 is 5.78. The number of carbonyl (C=O) groups is 2. The molecule has 0 bridgehead atoms. The number of nitrogen functional groups attached to an aromatic ring is 1. The van der Waals surface area contributed by atoms with Gasteiger partial charge in [0.15, 0.2) is 0 Å². The fourth-order valence-electron chi connectivity index (χ4n) is 1.97. The number of hydrogen-bond donors (Lipinski definition) is 2. The molecular weight excluding hydrogens is 256 g/mol. The molecule has 1 saturated heterocycles. The first-order valence-electron chi connectivity index (χ1n) is 5.53. The van der Waals surface area contributed by atoms with Crippen molar-refractivity contribution in [1.82, 2.24) is 4.90 Å². The molecule has 96 valence electrons. The third kappa shape index (κ3) is 2.56.